The van der Waals surface area contributed by atoms with E-state index in [0.717, 1.165) is 18.8 Å². The zero-order chi connectivity index (χ0) is 12.7. The van der Waals surface area contributed by atoms with Crippen LogP contribution in [0.2, 0.25) is 0 Å². The van der Waals surface area contributed by atoms with Crippen molar-refractivity contribution in [3.8, 4) is 0 Å². The Labute approximate surface area is 101 Å². The van der Waals surface area contributed by atoms with Crippen molar-refractivity contribution >= 4 is 0 Å². The Kier molecular flexibility index (Phi) is 6.27. The zero-order valence-corrected chi connectivity index (χ0v) is 10.4. The Balaban J connectivity index is 2.02. The van der Waals surface area contributed by atoms with E-state index in [1.807, 2.05) is 0 Å². The van der Waals surface area contributed by atoms with Gasteiger partial charge >= 0.3 is 6.36 Å². The topological polar surface area (TPSA) is 21.3 Å². The van der Waals surface area contributed by atoms with Crippen LogP contribution in [0.1, 0.15) is 45.4 Å². The maximum Gasteiger partial charge on any atom is 0.522 e. The van der Waals surface area contributed by atoms with Crippen LogP contribution in [0.3, 0.4) is 0 Å². The van der Waals surface area contributed by atoms with Gasteiger partial charge in [-0.1, -0.05) is 19.8 Å². The van der Waals surface area contributed by atoms with Crippen LogP contribution in [0.4, 0.5) is 13.2 Å². The van der Waals surface area contributed by atoms with Crippen molar-refractivity contribution in [3.05, 3.63) is 0 Å². The highest BCUT2D eigenvalue weighted by atomic mass is 19.4. The van der Waals surface area contributed by atoms with Crippen LogP contribution in [0.25, 0.3) is 0 Å². The highest BCUT2D eigenvalue weighted by Crippen LogP contribution is 2.27. The second kappa shape index (κ2) is 7.21. The van der Waals surface area contributed by atoms with Crippen LogP contribution in [0, 0.1) is 5.92 Å². The van der Waals surface area contributed by atoms with Crippen LogP contribution in [-0.4, -0.2) is 25.6 Å². The first-order valence-corrected chi connectivity index (χ1v) is 6.45. The number of nitrogens with one attached hydrogen (secondary N) is 1. The third kappa shape index (κ3) is 6.88. The van der Waals surface area contributed by atoms with Crippen molar-refractivity contribution in [2.45, 2.75) is 57.9 Å². The highest BCUT2D eigenvalue weighted by Gasteiger charge is 2.28. The van der Waals surface area contributed by atoms with E-state index in [0.29, 0.717) is 6.04 Å². The van der Waals surface area contributed by atoms with Crippen molar-refractivity contribution in [1.29, 1.82) is 0 Å². The first-order chi connectivity index (χ1) is 8.01. The molecule has 0 aromatic heterocycles. The summed E-state index contributed by atoms with van der Waals surface area (Å²) in [6, 6.07) is 0.375. The minimum Gasteiger partial charge on any atom is -0.312 e. The van der Waals surface area contributed by atoms with Crippen LogP contribution in [0.5, 0.6) is 0 Å². The van der Waals surface area contributed by atoms with Gasteiger partial charge in [0.2, 0.25) is 0 Å². The molecule has 0 heterocycles. The molecule has 1 rings (SSSR count). The molecule has 0 atom stereocenters. The normalized spacial score (nSPS) is 26.1. The fourth-order valence-corrected chi connectivity index (χ4v) is 2.49. The quantitative estimate of drug-likeness (QED) is 0.732. The number of ether oxygens (including phenoxy) is 1. The molecule has 0 aliphatic heterocycles. The minimum absolute atomic E-state index is 0.280. The van der Waals surface area contributed by atoms with Gasteiger partial charge in [0.25, 0.3) is 0 Å². The lowest BCUT2D eigenvalue weighted by molar-refractivity contribution is -0.323. The highest BCUT2D eigenvalue weighted by molar-refractivity contribution is 4.76. The van der Waals surface area contributed by atoms with E-state index in [2.05, 4.69) is 17.0 Å². The first-order valence-electron chi connectivity index (χ1n) is 6.45. The van der Waals surface area contributed by atoms with Gasteiger partial charge in [0.1, 0.15) is 0 Å². The average Bonchev–Trinajstić information content (AvgIpc) is 2.26. The van der Waals surface area contributed by atoms with E-state index in [4.69, 9.17) is 0 Å². The van der Waals surface area contributed by atoms with Crippen molar-refractivity contribution in [2.24, 2.45) is 5.92 Å². The molecular weight excluding hydrogens is 231 g/mol. The van der Waals surface area contributed by atoms with Gasteiger partial charge in [0, 0.05) is 12.6 Å². The van der Waals surface area contributed by atoms with Crippen molar-refractivity contribution < 1.29 is 17.9 Å². The van der Waals surface area contributed by atoms with Gasteiger partial charge in [0.15, 0.2) is 0 Å². The molecule has 0 aromatic rings. The molecule has 5 heteroatoms. The molecule has 0 spiro atoms. The summed E-state index contributed by atoms with van der Waals surface area (Å²) in [5, 5.41) is 3.13. The average molecular weight is 253 g/mol. The molecule has 0 amide bonds. The lowest BCUT2D eigenvalue weighted by Crippen LogP contribution is -2.36. The summed E-state index contributed by atoms with van der Waals surface area (Å²) >= 11 is 0. The van der Waals surface area contributed by atoms with Crippen LogP contribution in [0.15, 0.2) is 0 Å². The molecule has 1 N–H and O–H groups in total. The monoisotopic (exact) mass is 253 g/mol. The van der Waals surface area contributed by atoms with Crippen LogP contribution >= 0.6 is 0 Å². The molecule has 0 bridgehead atoms. The number of rotatable bonds is 6. The van der Waals surface area contributed by atoms with E-state index in [9.17, 15) is 13.2 Å². The fourth-order valence-electron chi connectivity index (χ4n) is 2.49. The third-order valence-corrected chi connectivity index (χ3v) is 3.34. The molecular formula is C12H22F3NO. The second-order valence-electron chi connectivity index (χ2n) is 4.75. The summed E-state index contributed by atoms with van der Waals surface area (Å²) in [5.41, 5.74) is 0. The standard InChI is InChI=1S/C12H22F3NO/c1-2-3-10-4-6-11(7-5-10)16-8-9-17-12(13,14)15/h10-11,16H,2-9H2,1H3. The van der Waals surface area contributed by atoms with E-state index in [1.54, 1.807) is 0 Å². The smallest absolute Gasteiger partial charge is 0.312 e. The van der Waals surface area contributed by atoms with E-state index < -0.39 is 6.36 Å². The lowest BCUT2D eigenvalue weighted by atomic mass is 9.83. The Morgan fingerprint density at radius 2 is 1.82 bits per heavy atom. The van der Waals surface area contributed by atoms with Gasteiger partial charge in [-0.3, -0.25) is 4.74 Å². The fraction of sp³-hybridized carbons (Fsp3) is 1.00. The predicted molar refractivity (Wildman–Crippen MR) is 60.7 cm³/mol. The Morgan fingerprint density at radius 1 is 1.18 bits per heavy atom. The molecule has 0 saturated heterocycles. The molecule has 1 saturated carbocycles. The Bertz CT molecular complexity index is 200. The van der Waals surface area contributed by atoms with Crippen molar-refractivity contribution in [2.75, 3.05) is 13.2 Å². The van der Waals surface area contributed by atoms with Crippen molar-refractivity contribution in [3.63, 3.8) is 0 Å². The molecule has 0 unspecified atom stereocenters. The number of hydrogen-bond acceptors (Lipinski definition) is 2. The summed E-state index contributed by atoms with van der Waals surface area (Å²) in [5.74, 6) is 0.824. The Morgan fingerprint density at radius 3 is 2.35 bits per heavy atom. The van der Waals surface area contributed by atoms with Gasteiger partial charge in [-0.15, -0.1) is 13.2 Å². The number of alkyl halides is 3. The number of halogens is 3. The van der Waals surface area contributed by atoms with E-state index >= 15 is 0 Å². The van der Waals surface area contributed by atoms with Crippen LogP contribution < -0.4 is 5.32 Å². The lowest BCUT2D eigenvalue weighted by Gasteiger charge is -2.29. The van der Waals surface area contributed by atoms with Gasteiger partial charge in [0.05, 0.1) is 6.61 Å². The molecule has 1 fully saturated rings. The molecule has 2 nitrogen and oxygen atoms in total. The largest absolute Gasteiger partial charge is 0.522 e. The second-order valence-corrected chi connectivity index (χ2v) is 4.75. The maximum atomic E-state index is 11.7. The van der Waals surface area contributed by atoms with E-state index in [1.165, 1.54) is 25.7 Å². The predicted octanol–water partition coefficient (Wildman–Crippen LogP) is 3.47. The molecule has 1 aliphatic carbocycles. The molecule has 0 radical (unpaired) electrons. The van der Waals surface area contributed by atoms with Gasteiger partial charge in [-0.2, -0.15) is 0 Å². The third-order valence-electron chi connectivity index (χ3n) is 3.34. The van der Waals surface area contributed by atoms with Gasteiger partial charge in [-0.25, -0.2) is 0 Å². The molecule has 17 heavy (non-hydrogen) atoms. The summed E-state index contributed by atoms with van der Waals surface area (Å²) < 4.78 is 38.8. The number of hydrogen-bond donors (Lipinski definition) is 1. The molecule has 1 aliphatic rings. The summed E-state index contributed by atoms with van der Waals surface area (Å²) in [6.45, 7) is 2.18. The molecule has 0 aromatic carbocycles. The maximum absolute atomic E-state index is 11.7. The Hall–Kier alpha value is -0.290. The van der Waals surface area contributed by atoms with Crippen molar-refractivity contribution in [1.82, 2.24) is 5.32 Å². The van der Waals surface area contributed by atoms with Gasteiger partial charge < -0.3 is 5.32 Å². The summed E-state index contributed by atoms with van der Waals surface area (Å²) in [6.07, 6.45) is 2.57. The molecule has 102 valence electrons. The SMILES string of the molecule is CCCC1CCC(NCCOC(F)(F)F)CC1. The van der Waals surface area contributed by atoms with E-state index in [-0.39, 0.29) is 13.2 Å². The zero-order valence-electron chi connectivity index (χ0n) is 10.4. The minimum atomic E-state index is -4.50. The first kappa shape index (κ1) is 14.8. The summed E-state index contributed by atoms with van der Waals surface area (Å²) in [4.78, 5) is 0. The van der Waals surface area contributed by atoms with Gasteiger partial charge in [-0.05, 0) is 31.6 Å². The van der Waals surface area contributed by atoms with Crippen LogP contribution in [-0.2, 0) is 4.74 Å². The summed E-state index contributed by atoms with van der Waals surface area (Å²) in [7, 11) is 0.